The van der Waals surface area contributed by atoms with E-state index in [1.165, 1.54) is 0 Å². The molecule has 0 N–H and O–H groups in total. The van der Waals surface area contributed by atoms with E-state index in [4.69, 9.17) is 0 Å². The monoisotopic (exact) mass is 165 g/mol. The van der Waals surface area contributed by atoms with E-state index in [9.17, 15) is 4.79 Å². The van der Waals surface area contributed by atoms with Gasteiger partial charge in [0.1, 0.15) is 6.29 Å². The highest BCUT2D eigenvalue weighted by atomic mass is 16.1. The summed E-state index contributed by atoms with van der Waals surface area (Å²) in [5.41, 5.74) is 0. The van der Waals surface area contributed by atoms with Gasteiger partial charge in [-0.15, -0.1) is 0 Å². The zero-order valence-corrected chi connectivity index (χ0v) is 7.71. The smallest absolute Gasteiger partial charge is 0.123 e. The van der Waals surface area contributed by atoms with Crippen LogP contribution < -0.4 is 0 Å². The van der Waals surface area contributed by atoms with Gasteiger partial charge in [0, 0.05) is 5.92 Å². The van der Waals surface area contributed by atoms with Crippen LogP contribution in [-0.4, -0.2) is 31.8 Å². The number of carbonyl (C=O) groups excluding carboxylic acids is 1. The van der Waals surface area contributed by atoms with Gasteiger partial charge < -0.3 is 9.69 Å². The van der Waals surface area contributed by atoms with Crippen LogP contribution in [0.15, 0.2) is 0 Å². The highest BCUT2D eigenvalue weighted by Crippen LogP contribution is 2.18. The highest BCUT2D eigenvalue weighted by molar-refractivity contribution is 5.54. The van der Waals surface area contributed by atoms with Crippen molar-refractivity contribution >= 4 is 6.29 Å². The lowest BCUT2D eigenvalue weighted by molar-refractivity contribution is -0.111. The predicted octanol–water partition coefficient (Wildman–Crippen LogP) is 0.776. The zero-order valence-electron chi connectivity index (χ0n) is 7.71. The Hall–Kier alpha value is -0.810. The van der Waals surface area contributed by atoms with Gasteiger partial charge in [-0.25, -0.2) is 0 Å². The molecule has 1 aliphatic carbocycles. The van der Waals surface area contributed by atoms with Crippen molar-refractivity contribution in [3.8, 4) is 11.8 Å². The molecule has 1 rings (SSSR count). The van der Waals surface area contributed by atoms with Crippen LogP contribution in [-0.2, 0) is 4.79 Å². The fourth-order valence-corrected chi connectivity index (χ4v) is 1.14. The van der Waals surface area contributed by atoms with Crippen LogP contribution in [0.1, 0.15) is 12.8 Å². The third kappa shape index (κ3) is 3.54. The minimum Gasteiger partial charge on any atom is -0.309 e. The normalized spacial score (nSPS) is 16.9. The van der Waals surface area contributed by atoms with Crippen LogP contribution in [0.3, 0.4) is 0 Å². The molecule has 0 fully saturated rings. The summed E-state index contributed by atoms with van der Waals surface area (Å²) in [6, 6.07) is 0. The standard InChI is InChI=1S/C10H15NO/c1-11(2)6-5-10(8-12)7-9-3-4-9/h8-10H,5-7H2,1-2H3. The zero-order chi connectivity index (χ0) is 8.97. The van der Waals surface area contributed by atoms with Crippen molar-refractivity contribution in [2.24, 2.45) is 11.8 Å². The lowest BCUT2D eigenvalue weighted by Gasteiger charge is -2.13. The van der Waals surface area contributed by atoms with Crippen molar-refractivity contribution in [3.63, 3.8) is 0 Å². The summed E-state index contributed by atoms with van der Waals surface area (Å²) in [6.07, 6.45) is 2.93. The van der Waals surface area contributed by atoms with Gasteiger partial charge >= 0.3 is 0 Å². The second-order valence-electron chi connectivity index (χ2n) is 3.57. The summed E-state index contributed by atoms with van der Waals surface area (Å²) in [4.78, 5) is 12.7. The molecule has 0 radical (unpaired) electrons. The molecule has 1 atom stereocenters. The molecule has 2 nitrogen and oxygen atoms in total. The van der Waals surface area contributed by atoms with Gasteiger partial charge in [-0.05, 0) is 33.5 Å². The van der Waals surface area contributed by atoms with Crippen LogP contribution in [0.25, 0.3) is 0 Å². The maximum Gasteiger partial charge on any atom is 0.123 e. The van der Waals surface area contributed by atoms with Crippen molar-refractivity contribution in [1.82, 2.24) is 4.90 Å². The molecular formula is C10H15NO. The molecule has 0 saturated carbocycles. The number of aldehydes is 1. The van der Waals surface area contributed by atoms with Crippen molar-refractivity contribution in [1.29, 1.82) is 0 Å². The first-order valence-corrected chi connectivity index (χ1v) is 4.33. The minimum atomic E-state index is 0.194. The third-order valence-corrected chi connectivity index (χ3v) is 2.03. The molecule has 0 aromatic rings. The number of hydrogen-bond donors (Lipinski definition) is 0. The van der Waals surface area contributed by atoms with Crippen LogP contribution in [0.5, 0.6) is 0 Å². The number of carbonyl (C=O) groups is 1. The largest absolute Gasteiger partial charge is 0.309 e. The van der Waals surface area contributed by atoms with E-state index in [0.29, 0.717) is 5.92 Å². The van der Waals surface area contributed by atoms with Crippen LogP contribution in [0.4, 0.5) is 0 Å². The van der Waals surface area contributed by atoms with Gasteiger partial charge in [0.2, 0.25) is 0 Å². The fourth-order valence-electron chi connectivity index (χ4n) is 1.14. The topological polar surface area (TPSA) is 20.3 Å². The Morgan fingerprint density at radius 1 is 1.50 bits per heavy atom. The molecule has 12 heavy (non-hydrogen) atoms. The molecule has 0 bridgehead atoms. The second-order valence-corrected chi connectivity index (χ2v) is 3.57. The Kier molecular flexibility index (Phi) is 3.31. The van der Waals surface area contributed by atoms with Gasteiger partial charge in [0.05, 0.1) is 5.92 Å². The molecule has 0 saturated heterocycles. The molecule has 1 unspecified atom stereocenters. The maximum absolute atomic E-state index is 10.6. The quantitative estimate of drug-likeness (QED) is 0.428. The van der Waals surface area contributed by atoms with E-state index in [2.05, 4.69) is 16.7 Å². The highest BCUT2D eigenvalue weighted by Gasteiger charge is 2.17. The van der Waals surface area contributed by atoms with Crippen molar-refractivity contribution in [2.45, 2.75) is 12.8 Å². The average molecular weight is 165 g/mol. The van der Waals surface area contributed by atoms with Crippen molar-refractivity contribution < 1.29 is 4.79 Å². The summed E-state index contributed by atoms with van der Waals surface area (Å²) in [5, 5.41) is 0. The third-order valence-electron chi connectivity index (χ3n) is 2.03. The lowest BCUT2D eigenvalue weighted by Crippen LogP contribution is -2.17. The van der Waals surface area contributed by atoms with Crippen LogP contribution >= 0.6 is 0 Å². The van der Waals surface area contributed by atoms with E-state index < -0.39 is 0 Å². The van der Waals surface area contributed by atoms with E-state index >= 15 is 0 Å². The molecule has 0 aromatic heterocycles. The van der Waals surface area contributed by atoms with E-state index in [1.807, 2.05) is 14.1 Å². The first kappa shape index (κ1) is 9.28. The van der Waals surface area contributed by atoms with Gasteiger partial charge in [0.15, 0.2) is 0 Å². The summed E-state index contributed by atoms with van der Waals surface area (Å²) >= 11 is 0. The molecular weight excluding hydrogens is 150 g/mol. The van der Waals surface area contributed by atoms with Crippen molar-refractivity contribution in [2.75, 3.05) is 20.6 Å². The molecule has 0 heterocycles. The number of rotatable bonds is 6. The number of nitrogens with zero attached hydrogens (tertiary/aromatic N) is 1. The van der Waals surface area contributed by atoms with E-state index in [0.717, 1.165) is 25.7 Å². The predicted molar refractivity (Wildman–Crippen MR) is 48.6 cm³/mol. The Bertz CT molecular complexity index is 204. The number of hydrogen-bond acceptors (Lipinski definition) is 2. The average Bonchev–Trinajstić information content (AvgIpc) is 2.81. The first-order chi connectivity index (χ1) is 5.72. The van der Waals surface area contributed by atoms with Gasteiger partial charge in [0.25, 0.3) is 0 Å². The van der Waals surface area contributed by atoms with Crippen LogP contribution in [0.2, 0.25) is 0 Å². The van der Waals surface area contributed by atoms with E-state index in [-0.39, 0.29) is 5.92 Å². The van der Waals surface area contributed by atoms with Gasteiger partial charge in [-0.2, -0.15) is 0 Å². The molecule has 0 aliphatic heterocycles. The maximum atomic E-state index is 10.6. The molecule has 66 valence electrons. The first-order valence-electron chi connectivity index (χ1n) is 4.33. The van der Waals surface area contributed by atoms with Crippen LogP contribution in [0, 0.1) is 23.7 Å². The molecule has 2 heteroatoms. The Morgan fingerprint density at radius 3 is 2.58 bits per heavy atom. The molecule has 0 amide bonds. The van der Waals surface area contributed by atoms with Crippen molar-refractivity contribution in [3.05, 3.63) is 0 Å². The lowest BCUT2D eigenvalue weighted by atomic mass is 9.99. The summed E-state index contributed by atoms with van der Waals surface area (Å²) in [6.45, 7) is 0.982. The summed E-state index contributed by atoms with van der Waals surface area (Å²) in [7, 11) is 4.05. The summed E-state index contributed by atoms with van der Waals surface area (Å²) < 4.78 is 0. The minimum absolute atomic E-state index is 0.194. The molecule has 1 aliphatic rings. The second kappa shape index (κ2) is 4.27. The van der Waals surface area contributed by atoms with Gasteiger partial charge in [-0.3, -0.25) is 0 Å². The Balaban J connectivity index is 2.11. The van der Waals surface area contributed by atoms with E-state index in [1.54, 1.807) is 0 Å². The Morgan fingerprint density at radius 2 is 2.17 bits per heavy atom. The summed E-state index contributed by atoms with van der Waals surface area (Å²) in [5.74, 6) is 6.50. The molecule has 0 aromatic carbocycles. The van der Waals surface area contributed by atoms with Gasteiger partial charge in [-0.1, -0.05) is 11.8 Å². The Labute approximate surface area is 73.9 Å². The SMILES string of the molecule is CN(C)CCC(C=O)CC1C#C1. The molecule has 0 spiro atoms. The fraction of sp³-hybridized carbons (Fsp3) is 0.700.